The van der Waals surface area contributed by atoms with Crippen LogP contribution in [0, 0.1) is 0 Å². The SMILES string of the molecule is C=C(C)C(NN)c1ccccc1SC. The maximum atomic E-state index is 5.51. The maximum Gasteiger partial charge on any atom is 0.0675 e. The number of hydrogen-bond donors (Lipinski definition) is 2. The fourth-order valence-corrected chi connectivity index (χ4v) is 2.04. The molecule has 1 aromatic rings. The smallest absolute Gasteiger partial charge is 0.0675 e. The third kappa shape index (κ3) is 2.38. The molecule has 3 heteroatoms. The summed E-state index contributed by atoms with van der Waals surface area (Å²) in [6, 6.07) is 8.25. The van der Waals surface area contributed by atoms with E-state index in [1.54, 1.807) is 11.8 Å². The lowest BCUT2D eigenvalue weighted by Gasteiger charge is -2.18. The lowest BCUT2D eigenvalue weighted by atomic mass is 10.0. The Kier molecular flexibility index (Phi) is 4.20. The minimum atomic E-state index is 0.0404. The summed E-state index contributed by atoms with van der Waals surface area (Å²) in [6.45, 7) is 5.90. The van der Waals surface area contributed by atoms with Crippen LogP contribution in [0.1, 0.15) is 18.5 Å². The van der Waals surface area contributed by atoms with Gasteiger partial charge in [0.05, 0.1) is 6.04 Å². The molecule has 1 aromatic carbocycles. The molecule has 0 aliphatic rings. The third-order valence-corrected chi connectivity index (χ3v) is 2.92. The Balaban J connectivity index is 3.08. The first kappa shape index (κ1) is 11.3. The van der Waals surface area contributed by atoms with Crippen LogP contribution in [-0.4, -0.2) is 6.26 Å². The number of rotatable bonds is 4. The molecule has 0 fully saturated rings. The second-order valence-corrected chi connectivity index (χ2v) is 4.04. The molecule has 0 heterocycles. The van der Waals surface area contributed by atoms with E-state index in [-0.39, 0.29) is 6.04 Å². The minimum Gasteiger partial charge on any atom is -0.271 e. The molecule has 1 unspecified atom stereocenters. The number of nitrogens with one attached hydrogen (secondary N) is 1. The van der Waals surface area contributed by atoms with Crippen molar-refractivity contribution < 1.29 is 0 Å². The van der Waals surface area contributed by atoms with Gasteiger partial charge in [-0.3, -0.25) is 5.84 Å². The van der Waals surface area contributed by atoms with Crippen LogP contribution in [0.3, 0.4) is 0 Å². The lowest BCUT2D eigenvalue weighted by molar-refractivity contribution is 0.618. The third-order valence-electron chi connectivity index (χ3n) is 2.11. The molecular weight excluding hydrogens is 192 g/mol. The van der Waals surface area contributed by atoms with Crippen LogP contribution in [0.5, 0.6) is 0 Å². The average Bonchev–Trinajstić information content (AvgIpc) is 2.19. The number of benzene rings is 1. The van der Waals surface area contributed by atoms with Gasteiger partial charge in [-0.15, -0.1) is 11.8 Å². The highest BCUT2D eigenvalue weighted by molar-refractivity contribution is 7.98. The summed E-state index contributed by atoms with van der Waals surface area (Å²) in [5.41, 5.74) is 4.99. The first-order valence-corrected chi connectivity index (χ1v) is 5.67. The van der Waals surface area contributed by atoms with E-state index in [0.717, 1.165) is 5.57 Å². The molecular formula is C11H16N2S. The maximum absolute atomic E-state index is 5.51. The molecule has 0 aliphatic heterocycles. The Morgan fingerprint density at radius 2 is 2.14 bits per heavy atom. The highest BCUT2D eigenvalue weighted by Crippen LogP contribution is 2.28. The van der Waals surface area contributed by atoms with Gasteiger partial charge < -0.3 is 0 Å². The highest BCUT2D eigenvalue weighted by atomic mass is 32.2. The van der Waals surface area contributed by atoms with Crippen molar-refractivity contribution in [1.29, 1.82) is 0 Å². The fourth-order valence-electron chi connectivity index (χ4n) is 1.40. The molecule has 76 valence electrons. The van der Waals surface area contributed by atoms with E-state index in [0.29, 0.717) is 0 Å². The van der Waals surface area contributed by atoms with E-state index in [9.17, 15) is 0 Å². The molecule has 1 atom stereocenters. The molecule has 0 amide bonds. The van der Waals surface area contributed by atoms with Gasteiger partial charge in [-0.1, -0.05) is 30.4 Å². The summed E-state index contributed by atoms with van der Waals surface area (Å²) in [5, 5.41) is 0. The highest BCUT2D eigenvalue weighted by Gasteiger charge is 2.13. The van der Waals surface area contributed by atoms with Crippen molar-refractivity contribution in [3.8, 4) is 0 Å². The van der Waals surface area contributed by atoms with Gasteiger partial charge in [-0.25, -0.2) is 5.43 Å². The van der Waals surface area contributed by atoms with Gasteiger partial charge in [-0.2, -0.15) is 0 Å². The Bertz CT molecular complexity index is 323. The fraction of sp³-hybridized carbons (Fsp3) is 0.273. The topological polar surface area (TPSA) is 38.0 Å². The van der Waals surface area contributed by atoms with Crippen molar-refractivity contribution in [3.05, 3.63) is 42.0 Å². The van der Waals surface area contributed by atoms with Gasteiger partial charge in [0.1, 0.15) is 0 Å². The van der Waals surface area contributed by atoms with Crippen LogP contribution >= 0.6 is 11.8 Å². The summed E-state index contributed by atoms with van der Waals surface area (Å²) >= 11 is 1.72. The Morgan fingerprint density at radius 1 is 1.50 bits per heavy atom. The molecule has 3 N–H and O–H groups in total. The van der Waals surface area contributed by atoms with Gasteiger partial charge in [0.2, 0.25) is 0 Å². The first-order chi connectivity index (χ1) is 6.70. The van der Waals surface area contributed by atoms with Crippen molar-refractivity contribution in [3.63, 3.8) is 0 Å². The van der Waals surface area contributed by atoms with Gasteiger partial charge in [0, 0.05) is 4.90 Å². The van der Waals surface area contributed by atoms with Gasteiger partial charge in [0.15, 0.2) is 0 Å². The molecule has 0 bridgehead atoms. The summed E-state index contributed by atoms with van der Waals surface area (Å²) in [7, 11) is 0. The van der Waals surface area contributed by atoms with E-state index >= 15 is 0 Å². The largest absolute Gasteiger partial charge is 0.271 e. The van der Waals surface area contributed by atoms with E-state index in [1.807, 2.05) is 19.1 Å². The van der Waals surface area contributed by atoms with Gasteiger partial charge >= 0.3 is 0 Å². The zero-order valence-electron chi connectivity index (χ0n) is 8.58. The molecule has 0 saturated carbocycles. The normalized spacial score (nSPS) is 12.5. The van der Waals surface area contributed by atoms with Crippen LogP contribution in [-0.2, 0) is 0 Å². The second kappa shape index (κ2) is 5.20. The van der Waals surface area contributed by atoms with E-state index in [2.05, 4.69) is 30.4 Å². The monoisotopic (exact) mass is 208 g/mol. The Labute approximate surface area is 89.5 Å². The Hall–Kier alpha value is -0.770. The summed E-state index contributed by atoms with van der Waals surface area (Å²) < 4.78 is 0. The van der Waals surface area contributed by atoms with Crippen LogP contribution in [0.2, 0.25) is 0 Å². The van der Waals surface area contributed by atoms with Crippen molar-refractivity contribution in [2.24, 2.45) is 5.84 Å². The Morgan fingerprint density at radius 3 is 2.64 bits per heavy atom. The zero-order valence-corrected chi connectivity index (χ0v) is 9.40. The summed E-state index contributed by atoms with van der Waals surface area (Å²) in [6.07, 6.45) is 2.06. The van der Waals surface area contributed by atoms with E-state index in [4.69, 9.17) is 5.84 Å². The van der Waals surface area contributed by atoms with Crippen LogP contribution in [0.25, 0.3) is 0 Å². The average molecular weight is 208 g/mol. The van der Waals surface area contributed by atoms with Crippen molar-refractivity contribution >= 4 is 11.8 Å². The molecule has 1 rings (SSSR count). The van der Waals surface area contributed by atoms with E-state index in [1.165, 1.54) is 10.5 Å². The van der Waals surface area contributed by atoms with Gasteiger partial charge in [0.25, 0.3) is 0 Å². The zero-order chi connectivity index (χ0) is 10.6. The second-order valence-electron chi connectivity index (χ2n) is 3.19. The quantitative estimate of drug-likeness (QED) is 0.345. The first-order valence-electron chi connectivity index (χ1n) is 4.45. The summed E-state index contributed by atoms with van der Waals surface area (Å²) in [5.74, 6) is 5.51. The number of thioether (sulfide) groups is 1. The van der Waals surface area contributed by atoms with Crippen LogP contribution in [0.4, 0.5) is 0 Å². The predicted octanol–water partition coefficient (Wildman–Crippen LogP) is 2.49. The number of hydrogen-bond acceptors (Lipinski definition) is 3. The molecule has 0 spiro atoms. The predicted molar refractivity (Wildman–Crippen MR) is 63.1 cm³/mol. The van der Waals surface area contributed by atoms with Crippen molar-refractivity contribution in [2.75, 3.05) is 6.26 Å². The molecule has 2 nitrogen and oxygen atoms in total. The summed E-state index contributed by atoms with van der Waals surface area (Å²) in [4.78, 5) is 1.23. The molecule has 0 saturated heterocycles. The van der Waals surface area contributed by atoms with Crippen LogP contribution in [0.15, 0.2) is 41.3 Å². The standard InChI is InChI=1S/C11H16N2S/c1-8(2)11(13-12)9-6-4-5-7-10(9)14-3/h4-7,11,13H,1,12H2,2-3H3. The van der Waals surface area contributed by atoms with Gasteiger partial charge in [-0.05, 0) is 24.8 Å². The molecule has 14 heavy (non-hydrogen) atoms. The molecule has 0 radical (unpaired) electrons. The lowest BCUT2D eigenvalue weighted by Crippen LogP contribution is -2.28. The van der Waals surface area contributed by atoms with Crippen LogP contribution < -0.4 is 11.3 Å². The molecule has 0 aliphatic carbocycles. The van der Waals surface area contributed by atoms with E-state index < -0.39 is 0 Å². The van der Waals surface area contributed by atoms with Crippen molar-refractivity contribution in [2.45, 2.75) is 17.9 Å². The van der Waals surface area contributed by atoms with Crippen molar-refractivity contribution in [1.82, 2.24) is 5.43 Å². The number of nitrogens with two attached hydrogens (primary N) is 1. The minimum absolute atomic E-state index is 0.0404. The molecule has 0 aromatic heterocycles. The number of hydrazine groups is 1.